The normalized spacial score (nSPS) is 14.7. The second-order valence-electron chi connectivity index (χ2n) is 2.30. The summed E-state index contributed by atoms with van der Waals surface area (Å²) in [7, 11) is 1.42. The van der Waals surface area contributed by atoms with E-state index in [0.717, 1.165) is 6.42 Å². The van der Waals surface area contributed by atoms with Crippen LogP contribution >= 0.6 is 0 Å². The molecule has 0 radical (unpaired) electrons. The van der Waals surface area contributed by atoms with Crippen LogP contribution in [0.3, 0.4) is 0 Å². The molecule has 0 spiro atoms. The quantitative estimate of drug-likeness (QED) is 0.333. The summed E-state index contributed by atoms with van der Waals surface area (Å²) in [4.78, 5) is 0. The van der Waals surface area contributed by atoms with E-state index in [0.29, 0.717) is 0 Å². The first-order valence-corrected chi connectivity index (χ1v) is 5.57. The van der Waals surface area contributed by atoms with Gasteiger partial charge in [0.2, 0.25) is 0 Å². The molecule has 0 aliphatic carbocycles. The Bertz CT molecular complexity index is 64.6. The summed E-state index contributed by atoms with van der Waals surface area (Å²) in [6, 6.07) is 1.26. The Morgan fingerprint density at radius 1 is 1.40 bits per heavy atom. The minimum Gasteiger partial charge on any atom is -0.400 e. The molecule has 0 aliphatic rings. The zero-order valence-corrected chi connectivity index (χ0v) is 8.64. The second-order valence-corrected chi connectivity index (χ2v) is 3.75. The van der Waals surface area contributed by atoms with Crippen LogP contribution in [-0.2, 0) is 9.16 Å². The standard InChI is InChI=1S/C7H18O2Si/c1-4-6-10-9-7(5-2)8-3/h7H,4-6,10H2,1-3H3. The van der Waals surface area contributed by atoms with Gasteiger partial charge in [-0.05, 0) is 12.5 Å². The zero-order chi connectivity index (χ0) is 7.82. The molecule has 0 N–H and O–H groups in total. The van der Waals surface area contributed by atoms with Crippen molar-refractivity contribution in [3.05, 3.63) is 0 Å². The molecule has 1 unspecified atom stereocenters. The van der Waals surface area contributed by atoms with Gasteiger partial charge in [-0.3, -0.25) is 0 Å². The van der Waals surface area contributed by atoms with Gasteiger partial charge < -0.3 is 9.16 Å². The van der Waals surface area contributed by atoms with Crippen LogP contribution in [0.25, 0.3) is 0 Å². The van der Waals surface area contributed by atoms with E-state index in [2.05, 4.69) is 13.8 Å². The Morgan fingerprint density at radius 2 is 2.10 bits per heavy atom. The van der Waals surface area contributed by atoms with Crippen molar-refractivity contribution >= 4 is 9.76 Å². The van der Waals surface area contributed by atoms with Crippen molar-refractivity contribution in [1.29, 1.82) is 0 Å². The van der Waals surface area contributed by atoms with Crippen LogP contribution in [-0.4, -0.2) is 23.2 Å². The molecule has 0 fully saturated rings. The predicted octanol–water partition coefficient (Wildman–Crippen LogP) is 1.30. The topological polar surface area (TPSA) is 18.5 Å². The number of hydrogen-bond acceptors (Lipinski definition) is 2. The Kier molecular flexibility index (Phi) is 7.35. The Morgan fingerprint density at radius 3 is 2.50 bits per heavy atom. The summed E-state index contributed by atoms with van der Waals surface area (Å²) in [6.07, 6.45) is 2.28. The van der Waals surface area contributed by atoms with Gasteiger partial charge in [0.05, 0.1) is 0 Å². The minimum atomic E-state index is -0.283. The first kappa shape index (κ1) is 10.1. The van der Waals surface area contributed by atoms with Gasteiger partial charge in [0, 0.05) is 7.11 Å². The maximum atomic E-state index is 5.50. The average molecular weight is 162 g/mol. The van der Waals surface area contributed by atoms with Gasteiger partial charge in [-0.2, -0.15) is 0 Å². The highest BCUT2D eigenvalue weighted by atomic mass is 28.2. The van der Waals surface area contributed by atoms with Gasteiger partial charge in [-0.25, -0.2) is 0 Å². The number of rotatable bonds is 6. The minimum absolute atomic E-state index is 0.0678. The summed E-state index contributed by atoms with van der Waals surface area (Å²) in [6.45, 7) is 4.26. The molecule has 0 bridgehead atoms. The van der Waals surface area contributed by atoms with E-state index >= 15 is 0 Å². The Hall–Kier alpha value is 0.137. The van der Waals surface area contributed by atoms with Crippen LogP contribution in [0.5, 0.6) is 0 Å². The van der Waals surface area contributed by atoms with Crippen LogP contribution in [0.4, 0.5) is 0 Å². The average Bonchev–Trinajstić information content (AvgIpc) is 1.99. The van der Waals surface area contributed by atoms with Crippen molar-refractivity contribution in [3.8, 4) is 0 Å². The summed E-state index contributed by atoms with van der Waals surface area (Å²) in [5.41, 5.74) is 0. The number of ether oxygens (including phenoxy) is 1. The molecule has 3 heteroatoms. The Labute approximate surface area is 65.9 Å². The SMILES string of the molecule is CCC[SiH2]OC(CC)OC. The maximum Gasteiger partial charge on any atom is 0.165 e. The smallest absolute Gasteiger partial charge is 0.165 e. The monoisotopic (exact) mass is 162 g/mol. The third kappa shape index (κ3) is 4.96. The lowest BCUT2D eigenvalue weighted by atomic mass is 10.5. The van der Waals surface area contributed by atoms with Crippen molar-refractivity contribution in [2.24, 2.45) is 0 Å². The van der Waals surface area contributed by atoms with Crippen molar-refractivity contribution < 1.29 is 9.16 Å². The molecular formula is C7H18O2Si. The molecule has 0 aliphatic heterocycles. The van der Waals surface area contributed by atoms with Crippen LogP contribution < -0.4 is 0 Å². The van der Waals surface area contributed by atoms with Crippen LogP contribution in [0.15, 0.2) is 0 Å². The van der Waals surface area contributed by atoms with Crippen LogP contribution in [0.2, 0.25) is 6.04 Å². The van der Waals surface area contributed by atoms with E-state index in [4.69, 9.17) is 9.16 Å². The van der Waals surface area contributed by atoms with E-state index in [1.54, 1.807) is 7.11 Å². The lowest BCUT2D eigenvalue weighted by Crippen LogP contribution is -2.16. The first-order chi connectivity index (χ1) is 4.85. The fourth-order valence-corrected chi connectivity index (χ4v) is 1.80. The summed E-state index contributed by atoms with van der Waals surface area (Å²) >= 11 is 0. The van der Waals surface area contributed by atoms with Gasteiger partial charge in [0.15, 0.2) is 9.76 Å². The third-order valence-electron chi connectivity index (χ3n) is 1.40. The lowest BCUT2D eigenvalue weighted by molar-refractivity contribution is -0.0539. The highest BCUT2D eigenvalue weighted by molar-refractivity contribution is 6.27. The molecule has 2 nitrogen and oxygen atoms in total. The molecule has 0 aromatic heterocycles. The van der Waals surface area contributed by atoms with Gasteiger partial charge >= 0.3 is 0 Å². The second kappa shape index (κ2) is 7.25. The molecule has 0 aromatic rings. The molecule has 62 valence electrons. The molecular weight excluding hydrogens is 144 g/mol. The molecule has 0 rings (SSSR count). The summed E-state index contributed by atoms with van der Waals surface area (Å²) in [5.74, 6) is 0. The molecule has 10 heavy (non-hydrogen) atoms. The van der Waals surface area contributed by atoms with Crippen molar-refractivity contribution in [2.75, 3.05) is 7.11 Å². The van der Waals surface area contributed by atoms with E-state index in [1.165, 1.54) is 12.5 Å². The first-order valence-electron chi connectivity index (χ1n) is 3.99. The predicted molar refractivity (Wildman–Crippen MR) is 45.8 cm³/mol. The molecule has 0 heterocycles. The molecule has 1 atom stereocenters. The van der Waals surface area contributed by atoms with Gasteiger partial charge in [-0.1, -0.05) is 20.3 Å². The zero-order valence-electron chi connectivity index (χ0n) is 7.22. The van der Waals surface area contributed by atoms with Gasteiger partial charge in [-0.15, -0.1) is 0 Å². The van der Waals surface area contributed by atoms with Crippen molar-refractivity contribution in [3.63, 3.8) is 0 Å². The summed E-state index contributed by atoms with van der Waals surface area (Å²) in [5, 5.41) is 0. The Balaban J connectivity index is 3.09. The fraction of sp³-hybridized carbons (Fsp3) is 1.00. The summed E-state index contributed by atoms with van der Waals surface area (Å²) < 4.78 is 10.6. The van der Waals surface area contributed by atoms with E-state index in [1.807, 2.05) is 0 Å². The molecule has 0 saturated carbocycles. The third-order valence-corrected chi connectivity index (χ3v) is 3.00. The van der Waals surface area contributed by atoms with E-state index in [-0.39, 0.29) is 16.1 Å². The number of methoxy groups -OCH3 is 1. The van der Waals surface area contributed by atoms with Gasteiger partial charge in [0.1, 0.15) is 6.29 Å². The number of hydrogen-bond donors (Lipinski definition) is 0. The molecule has 0 aromatic carbocycles. The molecule has 0 amide bonds. The lowest BCUT2D eigenvalue weighted by Gasteiger charge is -2.13. The van der Waals surface area contributed by atoms with Crippen molar-refractivity contribution in [2.45, 2.75) is 39.0 Å². The largest absolute Gasteiger partial charge is 0.400 e. The van der Waals surface area contributed by atoms with E-state index < -0.39 is 0 Å². The van der Waals surface area contributed by atoms with Gasteiger partial charge in [0.25, 0.3) is 0 Å². The maximum absolute atomic E-state index is 5.50. The fourth-order valence-electron chi connectivity index (χ4n) is 0.712. The highest BCUT2D eigenvalue weighted by Crippen LogP contribution is 1.98. The van der Waals surface area contributed by atoms with Crippen LogP contribution in [0, 0.1) is 0 Å². The van der Waals surface area contributed by atoms with E-state index in [9.17, 15) is 0 Å². The van der Waals surface area contributed by atoms with Crippen molar-refractivity contribution in [1.82, 2.24) is 0 Å². The highest BCUT2D eigenvalue weighted by Gasteiger charge is 2.01. The van der Waals surface area contributed by atoms with Crippen LogP contribution in [0.1, 0.15) is 26.7 Å². The molecule has 0 saturated heterocycles.